The molecule has 0 bridgehead atoms. The van der Waals surface area contributed by atoms with Crippen molar-refractivity contribution in [2.75, 3.05) is 24.7 Å². The molecule has 2 heterocycles. The molecule has 0 spiro atoms. The summed E-state index contributed by atoms with van der Waals surface area (Å²) in [6.45, 7) is 2.33. The van der Waals surface area contributed by atoms with Crippen LogP contribution in [0.3, 0.4) is 0 Å². The van der Waals surface area contributed by atoms with Crippen molar-refractivity contribution in [3.8, 4) is 6.07 Å². The van der Waals surface area contributed by atoms with Crippen LogP contribution >= 0.6 is 0 Å². The van der Waals surface area contributed by atoms with Crippen LogP contribution in [0.1, 0.15) is 24.8 Å². The zero-order valence-electron chi connectivity index (χ0n) is 11.5. The van der Waals surface area contributed by atoms with Crippen LogP contribution in [-0.2, 0) is 4.74 Å². The highest BCUT2D eigenvalue weighted by Gasteiger charge is 2.37. The summed E-state index contributed by atoms with van der Waals surface area (Å²) >= 11 is 0. The first kappa shape index (κ1) is 13.4. The minimum absolute atomic E-state index is 0.196. The van der Waals surface area contributed by atoms with E-state index in [4.69, 9.17) is 10.00 Å². The Balaban J connectivity index is 1.79. The van der Waals surface area contributed by atoms with E-state index in [1.165, 1.54) is 0 Å². The Kier molecular flexibility index (Phi) is 3.90. The molecule has 4 heteroatoms. The van der Waals surface area contributed by atoms with Gasteiger partial charge in [-0.2, -0.15) is 5.26 Å². The number of nitriles is 1. The van der Waals surface area contributed by atoms with E-state index in [2.05, 4.69) is 11.0 Å². The number of ether oxygens (including phenoxy) is 1. The van der Waals surface area contributed by atoms with Crippen LogP contribution in [0.5, 0.6) is 0 Å². The van der Waals surface area contributed by atoms with Gasteiger partial charge in [-0.25, -0.2) is 0 Å². The van der Waals surface area contributed by atoms with Crippen molar-refractivity contribution in [3.63, 3.8) is 0 Å². The first-order chi connectivity index (χ1) is 9.79. The molecule has 2 fully saturated rings. The molecular formula is C16H20N2O2. The van der Waals surface area contributed by atoms with E-state index in [1.807, 2.05) is 24.3 Å². The summed E-state index contributed by atoms with van der Waals surface area (Å²) < 4.78 is 5.56. The molecule has 106 valence electrons. The van der Waals surface area contributed by atoms with Crippen molar-refractivity contribution in [2.24, 2.45) is 5.92 Å². The molecule has 2 aliphatic heterocycles. The lowest BCUT2D eigenvalue weighted by molar-refractivity contribution is -0.0437. The van der Waals surface area contributed by atoms with E-state index < -0.39 is 0 Å². The fourth-order valence-electron chi connectivity index (χ4n) is 3.40. The van der Waals surface area contributed by atoms with Gasteiger partial charge in [-0.1, -0.05) is 0 Å². The van der Waals surface area contributed by atoms with Gasteiger partial charge in [0.15, 0.2) is 0 Å². The van der Waals surface area contributed by atoms with Crippen molar-refractivity contribution in [3.05, 3.63) is 29.8 Å². The van der Waals surface area contributed by atoms with Gasteiger partial charge in [-0.15, -0.1) is 0 Å². The molecule has 0 aliphatic carbocycles. The summed E-state index contributed by atoms with van der Waals surface area (Å²) in [7, 11) is 0. The van der Waals surface area contributed by atoms with Crippen molar-refractivity contribution in [1.29, 1.82) is 5.26 Å². The average Bonchev–Trinajstić information content (AvgIpc) is 2.97. The van der Waals surface area contributed by atoms with Crippen LogP contribution in [0, 0.1) is 17.2 Å². The second kappa shape index (κ2) is 5.82. The molecule has 0 aromatic heterocycles. The fraction of sp³-hybridized carbons (Fsp3) is 0.562. The second-order valence-electron chi connectivity index (χ2n) is 5.66. The van der Waals surface area contributed by atoms with E-state index in [9.17, 15) is 5.11 Å². The fourth-order valence-corrected chi connectivity index (χ4v) is 3.40. The van der Waals surface area contributed by atoms with Crippen LogP contribution in [-0.4, -0.2) is 37.0 Å². The molecule has 2 aliphatic rings. The molecule has 20 heavy (non-hydrogen) atoms. The largest absolute Gasteiger partial charge is 0.393 e. The molecule has 0 unspecified atom stereocenters. The highest BCUT2D eigenvalue weighted by atomic mass is 16.5. The van der Waals surface area contributed by atoms with Crippen LogP contribution < -0.4 is 4.90 Å². The number of anilines is 1. The van der Waals surface area contributed by atoms with Gasteiger partial charge in [0.1, 0.15) is 0 Å². The van der Waals surface area contributed by atoms with Crippen molar-refractivity contribution >= 4 is 5.69 Å². The zero-order chi connectivity index (χ0) is 13.9. The number of nitrogens with zero attached hydrogens (tertiary/aromatic N) is 2. The van der Waals surface area contributed by atoms with Gasteiger partial charge in [0.25, 0.3) is 0 Å². The van der Waals surface area contributed by atoms with Gasteiger partial charge in [0.05, 0.1) is 24.3 Å². The van der Waals surface area contributed by atoms with Gasteiger partial charge >= 0.3 is 0 Å². The number of aliphatic hydroxyl groups is 1. The predicted molar refractivity (Wildman–Crippen MR) is 76.5 cm³/mol. The van der Waals surface area contributed by atoms with Gasteiger partial charge in [0, 0.05) is 30.8 Å². The molecule has 4 nitrogen and oxygen atoms in total. The molecule has 0 saturated carbocycles. The predicted octanol–water partition coefficient (Wildman–Crippen LogP) is 1.92. The van der Waals surface area contributed by atoms with E-state index in [1.54, 1.807) is 0 Å². The van der Waals surface area contributed by atoms with Crippen LogP contribution in [0.25, 0.3) is 0 Å². The molecule has 3 atom stereocenters. The monoisotopic (exact) mass is 272 g/mol. The van der Waals surface area contributed by atoms with E-state index in [-0.39, 0.29) is 12.0 Å². The Morgan fingerprint density at radius 2 is 2.05 bits per heavy atom. The summed E-state index contributed by atoms with van der Waals surface area (Å²) in [6.07, 6.45) is 2.73. The van der Waals surface area contributed by atoms with Crippen LogP contribution in [0.4, 0.5) is 5.69 Å². The standard InChI is InChI=1S/C16H20N2O2/c17-10-12-3-5-13(6-4-12)18-8-1-2-15(18)14-11-20-9-7-16(14)19/h3-6,14-16,19H,1-2,7-9,11H2/t14-,15+,16-/m0/s1. The maximum absolute atomic E-state index is 10.2. The number of aliphatic hydroxyl groups excluding tert-OH is 1. The number of rotatable bonds is 2. The van der Waals surface area contributed by atoms with Crippen LogP contribution in [0.15, 0.2) is 24.3 Å². The molecular weight excluding hydrogens is 252 g/mol. The van der Waals surface area contributed by atoms with Crippen molar-refractivity contribution < 1.29 is 9.84 Å². The third-order valence-corrected chi connectivity index (χ3v) is 4.48. The molecule has 0 radical (unpaired) electrons. The first-order valence-corrected chi connectivity index (χ1v) is 7.32. The summed E-state index contributed by atoms with van der Waals surface area (Å²) in [6, 6.07) is 10.2. The summed E-state index contributed by atoms with van der Waals surface area (Å²) in [5, 5.41) is 19.1. The number of hydrogen-bond acceptors (Lipinski definition) is 4. The Hall–Kier alpha value is -1.57. The first-order valence-electron chi connectivity index (χ1n) is 7.32. The lowest BCUT2D eigenvalue weighted by atomic mass is 9.89. The Morgan fingerprint density at radius 1 is 1.25 bits per heavy atom. The van der Waals surface area contributed by atoms with Crippen molar-refractivity contribution in [1.82, 2.24) is 0 Å². The second-order valence-corrected chi connectivity index (χ2v) is 5.66. The SMILES string of the molecule is N#Cc1ccc(N2CCC[C@@H]2[C@@H]2COCC[C@@H]2O)cc1. The van der Waals surface area contributed by atoms with E-state index in [0.717, 1.165) is 31.5 Å². The third kappa shape index (κ3) is 2.52. The van der Waals surface area contributed by atoms with Gasteiger partial charge in [-0.3, -0.25) is 0 Å². The topological polar surface area (TPSA) is 56.5 Å². The van der Waals surface area contributed by atoms with Gasteiger partial charge in [-0.05, 0) is 43.5 Å². The summed E-state index contributed by atoms with van der Waals surface area (Å²) in [5.41, 5.74) is 1.83. The molecule has 1 aromatic rings. The van der Waals surface area contributed by atoms with Gasteiger partial charge < -0.3 is 14.7 Å². The van der Waals surface area contributed by atoms with E-state index >= 15 is 0 Å². The normalized spacial score (nSPS) is 30.2. The maximum atomic E-state index is 10.2. The zero-order valence-corrected chi connectivity index (χ0v) is 11.5. The Labute approximate surface area is 119 Å². The Morgan fingerprint density at radius 3 is 2.75 bits per heavy atom. The van der Waals surface area contributed by atoms with E-state index in [0.29, 0.717) is 24.8 Å². The minimum atomic E-state index is -0.257. The summed E-state index contributed by atoms with van der Waals surface area (Å²) in [4.78, 5) is 2.36. The lowest BCUT2D eigenvalue weighted by Crippen LogP contribution is -2.46. The van der Waals surface area contributed by atoms with Crippen LogP contribution in [0.2, 0.25) is 0 Å². The van der Waals surface area contributed by atoms with Crippen molar-refractivity contribution in [2.45, 2.75) is 31.4 Å². The highest BCUT2D eigenvalue weighted by Crippen LogP contribution is 2.33. The maximum Gasteiger partial charge on any atom is 0.0991 e. The molecule has 1 N–H and O–H groups in total. The Bertz CT molecular complexity index is 494. The highest BCUT2D eigenvalue weighted by molar-refractivity contribution is 5.51. The van der Waals surface area contributed by atoms with Gasteiger partial charge in [0.2, 0.25) is 0 Å². The smallest absolute Gasteiger partial charge is 0.0991 e. The quantitative estimate of drug-likeness (QED) is 0.893. The number of benzene rings is 1. The molecule has 1 aromatic carbocycles. The molecule has 0 amide bonds. The average molecular weight is 272 g/mol. The number of hydrogen-bond donors (Lipinski definition) is 1. The third-order valence-electron chi connectivity index (χ3n) is 4.48. The summed E-state index contributed by atoms with van der Waals surface area (Å²) in [5.74, 6) is 0.196. The molecule has 2 saturated heterocycles. The minimum Gasteiger partial charge on any atom is -0.393 e. The lowest BCUT2D eigenvalue weighted by Gasteiger charge is -2.38. The molecule has 3 rings (SSSR count).